The molecule has 7 nitrogen and oxygen atoms in total. The van der Waals surface area contributed by atoms with E-state index in [4.69, 9.17) is 9.84 Å². The Morgan fingerprint density at radius 1 is 1.03 bits per heavy atom. The van der Waals surface area contributed by atoms with Gasteiger partial charge in [0.05, 0.1) is 0 Å². The molecule has 2 aromatic rings. The number of amides is 2. The van der Waals surface area contributed by atoms with Gasteiger partial charge in [-0.15, -0.1) is 0 Å². The fourth-order valence-corrected chi connectivity index (χ4v) is 5.46. The largest absolute Gasteiger partial charge is 0.481 e. The van der Waals surface area contributed by atoms with Gasteiger partial charge in [-0.05, 0) is 54.9 Å². The second-order valence-electron chi connectivity index (χ2n) is 9.45. The first-order valence-corrected chi connectivity index (χ1v) is 12.6. The molecule has 1 saturated carbocycles. The number of aliphatic carboxylic acids is 1. The van der Waals surface area contributed by atoms with E-state index in [2.05, 4.69) is 29.6 Å². The van der Waals surface area contributed by atoms with Crippen molar-refractivity contribution in [1.29, 1.82) is 0 Å². The lowest BCUT2D eigenvalue weighted by atomic mass is 9.84. The number of nitrogens with one attached hydrogen (secondary N) is 1. The van der Waals surface area contributed by atoms with Crippen LogP contribution in [0.15, 0.2) is 48.5 Å². The summed E-state index contributed by atoms with van der Waals surface area (Å²) in [6.07, 6.45) is 3.11. The molecule has 2 amide bonds. The van der Waals surface area contributed by atoms with Crippen LogP contribution >= 0.6 is 0 Å². The molecule has 2 aliphatic carbocycles. The predicted molar refractivity (Wildman–Crippen MR) is 133 cm³/mol. The number of hydrogen-bond donors (Lipinski definition) is 2. The minimum Gasteiger partial charge on any atom is -0.481 e. The SMILES string of the molecule is CCN(CCCC(=O)O)C(=O)C1CCCC(NC(=O)OCC2c3ccccc3-c3ccccc32)C1. The van der Waals surface area contributed by atoms with Gasteiger partial charge in [0.25, 0.3) is 0 Å². The standard InChI is InChI=1S/C28H34N2O5/c1-2-30(16-8-15-26(31)32)27(33)19-9-7-10-20(17-19)29-28(34)35-18-25-23-13-5-3-11-21(23)22-12-4-6-14-24(22)25/h3-6,11-14,19-20,25H,2,7-10,15-18H2,1H3,(H,29,34)(H,31,32). The summed E-state index contributed by atoms with van der Waals surface area (Å²) in [7, 11) is 0. The van der Waals surface area contributed by atoms with Gasteiger partial charge in [0.1, 0.15) is 6.61 Å². The molecule has 2 atom stereocenters. The average Bonchev–Trinajstić information content (AvgIpc) is 3.19. The molecule has 2 unspecified atom stereocenters. The monoisotopic (exact) mass is 478 g/mol. The maximum absolute atomic E-state index is 13.0. The second-order valence-corrected chi connectivity index (χ2v) is 9.45. The van der Waals surface area contributed by atoms with E-state index in [1.165, 1.54) is 22.3 Å². The van der Waals surface area contributed by atoms with Gasteiger partial charge in [0.2, 0.25) is 5.91 Å². The number of benzene rings is 2. The Labute approximate surface area is 206 Å². The van der Waals surface area contributed by atoms with E-state index < -0.39 is 12.1 Å². The van der Waals surface area contributed by atoms with Crippen LogP contribution in [0.2, 0.25) is 0 Å². The van der Waals surface area contributed by atoms with Gasteiger partial charge in [0, 0.05) is 37.4 Å². The molecule has 4 rings (SSSR count). The van der Waals surface area contributed by atoms with Crippen LogP contribution in [0.3, 0.4) is 0 Å². The predicted octanol–water partition coefficient (Wildman–Crippen LogP) is 4.80. The van der Waals surface area contributed by atoms with Crippen molar-refractivity contribution in [2.45, 2.75) is 57.4 Å². The van der Waals surface area contributed by atoms with Crippen LogP contribution in [0.25, 0.3) is 11.1 Å². The fourth-order valence-electron chi connectivity index (χ4n) is 5.46. The molecule has 0 aliphatic heterocycles. The number of nitrogens with zero attached hydrogens (tertiary/aromatic N) is 1. The molecule has 0 bridgehead atoms. The minimum atomic E-state index is -0.849. The average molecular weight is 479 g/mol. The Morgan fingerprint density at radius 3 is 2.31 bits per heavy atom. The maximum atomic E-state index is 13.0. The van der Waals surface area contributed by atoms with Crippen molar-refractivity contribution in [2.24, 2.45) is 5.92 Å². The lowest BCUT2D eigenvalue weighted by Gasteiger charge is -2.32. The zero-order valence-corrected chi connectivity index (χ0v) is 20.2. The Hall–Kier alpha value is -3.35. The van der Waals surface area contributed by atoms with Crippen molar-refractivity contribution >= 4 is 18.0 Å². The molecule has 186 valence electrons. The minimum absolute atomic E-state index is 0.0118. The van der Waals surface area contributed by atoms with E-state index in [1.807, 2.05) is 31.2 Å². The van der Waals surface area contributed by atoms with Crippen LogP contribution in [0.5, 0.6) is 0 Å². The van der Waals surface area contributed by atoms with E-state index in [1.54, 1.807) is 4.90 Å². The normalized spacial score (nSPS) is 18.9. The topological polar surface area (TPSA) is 95.9 Å². The fraction of sp³-hybridized carbons (Fsp3) is 0.464. The van der Waals surface area contributed by atoms with Gasteiger partial charge >= 0.3 is 12.1 Å². The molecule has 2 aliphatic rings. The molecule has 2 aromatic carbocycles. The Bertz CT molecular complexity index is 1020. The first-order valence-electron chi connectivity index (χ1n) is 12.6. The smallest absolute Gasteiger partial charge is 0.407 e. The van der Waals surface area contributed by atoms with Crippen molar-refractivity contribution in [3.8, 4) is 11.1 Å². The van der Waals surface area contributed by atoms with E-state index in [9.17, 15) is 14.4 Å². The highest BCUT2D eigenvalue weighted by molar-refractivity contribution is 5.80. The van der Waals surface area contributed by atoms with Crippen molar-refractivity contribution < 1.29 is 24.2 Å². The summed E-state index contributed by atoms with van der Waals surface area (Å²) in [6.45, 7) is 3.18. The van der Waals surface area contributed by atoms with Crippen molar-refractivity contribution in [3.05, 3.63) is 59.7 Å². The van der Waals surface area contributed by atoms with E-state index >= 15 is 0 Å². The van der Waals surface area contributed by atoms with Gasteiger partial charge in [0.15, 0.2) is 0 Å². The number of ether oxygens (including phenoxy) is 1. The van der Waals surface area contributed by atoms with Crippen LogP contribution < -0.4 is 5.32 Å². The molecule has 0 spiro atoms. The number of rotatable bonds is 9. The third-order valence-corrected chi connectivity index (χ3v) is 7.20. The number of hydrogen-bond acceptors (Lipinski definition) is 4. The van der Waals surface area contributed by atoms with Gasteiger partial charge in [-0.1, -0.05) is 55.0 Å². The van der Waals surface area contributed by atoms with E-state index in [0.717, 1.165) is 19.3 Å². The number of carbonyl (C=O) groups is 3. The lowest BCUT2D eigenvalue weighted by molar-refractivity contribution is -0.139. The number of carbonyl (C=O) groups excluding carboxylic acids is 2. The second kappa shape index (κ2) is 11.4. The van der Waals surface area contributed by atoms with Crippen molar-refractivity contribution in [1.82, 2.24) is 10.2 Å². The first-order chi connectivity index (χ1) is 17.0. The van der Waals surface area contributed by atoms with Crippen LogP contribution in [-0.4, -0.2) is 53.7 Å². The summed E-state index contributed by atoms with van der Waals surface area (Å²) in [5, 5.41) is 11.8. The van der Waals surface area contributed by atoms with Gasteiger partial charge in [-0.25, -0.2) is 4.79 Å². The molecule has 2 N–H and O–H groups in total. The van der Waals surface area contributed by atoms with Crippen molar-refractivity contribution in [3.63, 3.8) is 0 Å². The van der Waals surface area contributed by atoms with Gasteiger partial charge in [-0.2, -0.15) is 0 Å². The number of fused-ring (bicyclic) bond motifs is 3. The van der Waals surface area contributed by atoms with Crippen LogP contribution in [-0.2, 0) is 14.3 Å². The van der Waals surface area contributed by atoms with Gasteiger partial charge in [-0.3, -0.25) is 9.59 Å². The summed E-state index contributed by atoms with van der Waals surface area (Å²) in [5.41, 5.74) is 4.73. The molecular formula is C28H34N2O5. The quantitative estimate of drug-likeness (QED) is 0.540. The van der Waals surface area contributed by atoms with Crippen LogP contribution in [0.1, 0.15) is 62.5 Å². The summed E-state index contributed by atoms with van der Waals surface area (Å²) < 4.78 is 5.68. The van der Waals surface area contributed by atoms with Crippen molar-refractivity contribution in [2.75, 3.05) is 19.7 Å². The highest BCUT2D eigenvalue weighted by atomic mass is 16.5. The zero-order valence-electron chi connectivity index (χ0n) is 20.2. The highest BCUT2D eigenvalue weighted by Gasteiger charge is 2.32. The third-order valence-electron chi connectivity index (χ3n) is 7.20. The number of alkyl carbamates (subject to hydrolysis) is 1. The third kappa shape index (κ3) is 5.84. The molecule has 0 radical (unpaired) electrons. The maximum Gasteiger partial charge on any atom is 0.407 e. The lowest BCUT2D eigenvalue weighted by Crippen LogP contribution is -2.44. The number of carboxylic acids is 1. The van der Waals surface area contributed by atoms with E-state index in [-0.39, 0.29) is 36.8 Å². The Balaban J connectivity index is 1.30. The summed E-state index contributed by atoms with van der Waals surface area (Å²) >= 11 is 0. The highest BCUT2D eigenvalue weighted by Crippen LogP contribution is 2.44. The first kappa shape index (κ1) is 24.8. The molecule has 1 fully saturated rings. The van der Waals surface area contributed by atoms with Crippen LogP contribution in [0, 0.1) is 5.92 Å². The van der Waals surface area contributed by atoms with Crippen LogP contribution in [0.4, 0.5) is 4.79 Å². The molecule has 0 aromatic heterocycles. The molecule has 7 heteroatoms. The summed E-state index contributed by atoms with van der Waals surface area (Å²) in [6, 6.07) is 16.4. The Morgan fingerprint density at radius 2 is 1.69 bits per heavy atom. The molecule has 0 saturated heterocycles. The van der Waals surface area contributed by atoms with Gasteiger partial charge < -0.3 is 20.1 Å². The Kier molecular flexibility index (Phi) is 8.06. The summed E-state index contributed by atoms with van der Waals surface area (Å²) in [4.78, 5) is 38.2. The number of carboxylic acid groups (broad SMARTS) is 1. The zero-order chi connectivity index (χ0) is 24.8. The molecule has 0 heterocycles. The summed E-state index contributed by atoms with van der Waals surface area (Å²) in [5.74, 6) is -0.944. The van der Waals surface area contributed by atoms with E-state index in [0.29, 0.717) is 25.9 Å². The molecule has 35 heavy (non-hydrogen) atoms. The molecular weight excluding hydrogens is 444 g/mol.